The van der Waals surface area contributed by atoms with Gasteiger partial charge in [-0.3, -0.25) is 10.1 Å². The molecular weight excluding hydrogens is 469 g/mol. The smallest absolute Gasteiger partial charge is 0.128 e. The number of aromatic nitrogens is 4. The van der Waals surface area contributed by atoms with E-state index >= 15 is 0 Å². The van der Waals surface area contributed by atoms with E-state index in [1.807, 2.05) is 38.2 Å². The normalized spacial score (nSPS) is 17.5. The third-order valence-corrected chi connectivity index (χ3v) is 8.03. The number of ether oxygens (including phenoxy) is 1. The van der Waals surface area contributed by atoms with Crippen molar-refractivity contribution in [2.75, 3.05) is 18.0 Å². The lowest BCUT2D eigenvalue weighted by molar-refractivity contribution is 0.0896. The number of nitrogens with zero attached hydrogens (tertiary/aromatic N) is 4. The van der Waals surface area contributed by atoms with E-state index in [4.69, 9.17) is 32.9 Å². The highest BCUT2D eigenvalue weighted by molar-refractivity contribution is 6.36. The fourth-order valence-corrected chi connectivity index (χ4v) is 5.78. The molecule has 1 saturated carbocycles. The SMILES string of the molecule is Cc1ncc(Cl)c([C@@H](C)Oc2ccc3[nH]nc(-c4ccc(N5CC6(CCC6)C5)nc4)c3c2)c1Cl. The van der Waals surface area contributed by atoms with Gasteiger partial charge in [0.15, 0.2) is 0 Å². The van der Waals surface area contributed by atoms with E-state index in [2.05, 4.69) is 32.2 Å². The molecule has 6 nitrogen and oxygen atoms in total. The Hall–Kier alpha value is -2.83. The number of pyridine rings is 2. The van der Waals surface area contributed by atoms with Crippen molar-refractivity contribution in [3.63, 3.8) is 0 Å². The summed E-state index contributed by atoms with van der Waals surface area (Å²) in [6.45, 7) is 6.05. The summed E-state index contributed by atoms with van der Waals surface area (Å²) >= 11 is 12.8. The van der Waals surface area contributed by atoms with Crippen LogP contribution in [0.3, 0.4) is 0 Å². The minimum Gasteiger partial charge on any atom is -0.486 e. The van der Waals surface area contributed by atoms with Crippen LogP contribution in [0.25, 0.3) is 22.2 Å². The van der Waals surface area contributed by atoms with Gasteiger partial charge in [-0.2, -0.15) is 5.10 Å². The van der Waals surface area contributed by atoms with E-state index in [0.29, 0.717) is 21.2 Å². The van der Waals surface area contributed by atoms with Gasteiger partial charge >= 0.3 is 0 Å². The van der Waals surface area contributed by atoms with Crippen LogP contribution in [-0.4, -0.2) is 33.3 Å². The van der Waals surface area contributed by atoms with Gasteiger partial charge in [-0.05, 0) is 57.0 Å². The highest BCUT2D eigenvalue weighted by atomic mass is 35.5. The van der Waals surface area contributed by atoms with E-state index in [1.54, 1.807) is 6.20 Å². The van der Waals surface area contributed by atoms with E-state index in [9.17, 15) is 0 Å². The Labute approximate surface area is 208 Å². The Balaban J connectivity index is 1.24. The number of rotatable bonds is 5. The summed E-state index contributed by atoms with van der Waals surface area (Å²) in [5, 5.41) is 9.66. The van der Waals surface area contributed by atoms with Crippen LogP contribution in [0.4, 0.5) is 5.82 Å². The summed E-state index contributed by atoms with van der Waals surface area (Å²) in [6.07, 6.45) is 7.28. The molecule has 2 aliphatic rings. The predicted molar refractivity (Wildman–Crippen MR) is 136 cm³/mol. The molecule has 0 bridgehead atoms. The van der Waals surface area contributed by atoms with Crippen LogP contribution in [0, 0.1) is 12.3 Å². The lowest BCUT2D eigenvalue weighted by Gasteiger charge is -2.56. The number of aryl methyl sites for hydroxylation is 1. The Morgan fingerprint density at radius 3 is 2.62 bits per heavy atom. The van der Waals surface area contributed by atoms with Gasteiger partial charge in [-0.1, -0.05) is 29.6 Å². The number of hydrogen-bond donors (Lipinski definition) is 1. The molecule has 4 aromatic rings. The minimum absolute atomic E-state index is 0.342. The Morgan fingerprint density at radius 2 is 1.91 bits per heavy atom. The highest BCUT2D eigenvalue weighted by Gasteiger charge is 2.47. The highest BCUT2D eigenvalue weighted by Crippen LogP contribution is 2.49. The van der Waals surface area contributed by atoms with Gasteiger partial charge in [0.2, 0.25) is 0 Å². The van der Waals surface area contributed by atoms with Crippen LogP contribution in [-0.2, 0) is 0 Å². The largest absolute Gasteiger partial charge is 0.486 e. The maximum absolute atomic E-state index is 6.47. The van der Waals surface area contributed by atoms with Gasteiger partial charge < -0.3 is 9.64 Å². The number of fused-ring (bicyclic) bond motifs is 1. The van der Waals surface area contributed by atoms with E-state index < -0.39 is 0 Å². The molecule has 34 heavy (non-hydrogen) atoms. The third-order valence-electron chi connectivity index (χ3n) is 7.25. The van der Waals surface area contributed by atoms with Crippen LogP contribution in [0.1, 0.15) is 43.5 Å². The second kappa shape index (κ2) is 8.14. The molecule has 1 N–H and O–H groups in total. The van der Waals surface area contributed by atoms with Gasteiger partial charge in [0.05, 0.1) is 21.3 Å². The maximum atomic E-state index is 6.47. The fourth-order valence-electron chi connectivity index (χ4n) is 5.13. The summed E-state index contributed by atoms with van der Waals surface area (Å²) in [5.74, 6) is 1.75. The number of H-pyrrole nitrogens is 1. The monoisotopic (exact) mass is 493 g/mol. The quantitative estimate of drug-likeness (QED) is 0.332. The van der Waals surface area contributed by atoms with E-state index in [0.717, 1.165) is 52.3 Å². The van der Waals surface area contributed by atoms with Gasteiger partial charge in [0.1, 0.15) is 23.4 Å². The molecule has 8 heteroatoms. The summed E-state index contributed by atoms with van der Waals surface area (Å²) in [6, 6.07) is 10.1. The minimum atomic E-state index is -0.342. The van der Waals surface area contributed by atoms with Crippen molar-refractivity contribution in [2.45, 2.75) is 39.2 Å². The fraction of sp³-hybridized carbons (Fsp3) is 0.346. The molecule has 2 fully saturated rings. The Bertz CT molecular complexity index is 1370. The van der Waals surface area contributed by atoms with Crippen molar-refractivity contribution in [3.8, 4) is 17.0 Å². The van der Waals surface area contributed by atoms with Crippen molar-refractivity contribution in [1.82, 2.24) is 20.2 Å². The number of hydrogen-bond acceptors (Lipinski definition) is 5. The molecule has 174 valence electrons. The molecule has 1 aromatic carbocycles. The van der Waals surface area contributed by atoms with Crippen LogP contribution >= 0.6 is 23.2 Å². The summed E-state index contributed by atoms with van der Waals surface area (Å²) in [4.78, 5) is 11.3. The van der Waals surface area contributed by atoms with Crippen LogP contribution in [0.2, 0.25) is 10.0 Å². The molecule has 1 atom stereocenters. The van der Waals surface area contributed by atoms with Crippen molar-refractivity contribution in [2.24, 2.45) is 5.41 Å². The first kappa shape index (κ1) is 21.7. The van der Waals surface area contributed by atoms with Gasteiger partial charge in [0.25, 0.3) is 0 Å². The van der Waals surface area contributed by atoms with Crippen LogP contribution < -0.4 is 9.64 Å². The van der Waals surface area contributed by atoms with Gasteiger partial charge in [-0.25, -0.2) is 4.98 Å². The number of aromatic amines is 1. The number of nitrogens with one attached hydrogen (secondary N) is 1. The second-order valence-electron chi connectivity index (χ2n) is 9.57. The molecule has 1 spiro atoms. The summed E-state index contributed by atoms with van der Waals surface area (Å²) < 4.78 is 6.23. The topological polar surface area (TPSA) is 66.9 Å². The van der Waals surface area contributed by atoms with Crippen molar-refractivity contribution < 1.29 is 4.74 Å². The van der Waals surface area contributed by atoms with Gasteiger partial charge in [-0.15, -0.1) is 0 Å². The average molecular weight is 494 g/mol. The maximum Gasteiger partial charge on any atom is 0.128 e. The molecular formula is C26H25Cl2N5O. The third kappa shape index (κ3) is 3.60. The van der Waals surface area contributed by atoms with E-state index in [1.165, 1.54) is 19.3 Å². The molecule has 0 amide bonds. The average Bonchev–Trinajstić information content (AvgIpc) is 3.18. The van der Waals surface area contributed by atoms with Crippen LogP contribution in [0.15, 0.2) is 42.7 Å². The second-order valence-corrected chi connectivity index (χ2v) is 10.4. The summed E-state index contributed by atoms with van der Waals surface area (Å²) in [7, 11) is 0. The van der Waals surface area contributed by atoms with Crippen molar-refractivity contribution in [3.05, 3.63) is 64.0 Å². The predicted octanol–water partition coefficient (Wildman–Crippen LogP) is 6.77. The number of benzene rings is 1. The Kier molecular flexibility index (Phi) is 5.19. The van der Waals surface area contributed by atoms with Crippen molar-refractivity contribution >= 4 is 39.9 Å². The lowest BCUT2D eigenvalue weighted by Crippen LogP contribution is -2.60. The first-order chi connectivity index (χ1) is 16.4. The Morgan fingerprint density at radius 1 is 1.09 bits per heavy atom. The molecule has 3 aromatic heterocycles. The first-order valence-corrected chi connectivity index (χ1v) is 12.3. The molecule has 0 unspecified atom stereocenters. The molecule has 4 heterocycles. The lowest BCUT2D eigenvalue weighted by atomic mass is 9.63. The van der Waals surface area contributed by atoms with Crippen LogP contribution in [0.5, 0.6) is 5.75 Å². The number of halogens is 2. The standard InChI is InChI=1S/C26H25Cl2N5O/c1-15-24(28)23(20(27)12-29-15)16(2)34-18-5-6-21-19(10-18)25(32-31-21)17-4-7-22(30-11-17)33-13-26(14-33)8-3-9-26/h4-7,10-12,16H,3,8-9,13-14H2,1-2H3,(H,31,32)/t16-/m1/s1. The molecule has 1 saturated heterocycles. The zero-order valence-corrected chi connectivity index (χ0v) is 20.6. The number of anilines is 1. The first-order valence-electron chi connectivity index (χ1n) is 11.6. The molecule has 1 aliphatic heterocycles. The molecule has 1 aliphatic carbocycles. The molecule has 6 rings (SSSR count). The summed E-state index contributed by atoms with van der Waals surface area (Å²) in [5.41, 5.74) is 4.79. The molecule has 0 radical (unpaired) electrons. The van der Waals surface area contributed by atoms with E-state index in [-0.39, 0.29) is 6.10 Å². The van der Waals surface area contributed by atoms with Crippen molar-refractivity contribution in [1.29, 1.82) is 0 Å². The zero-order valence-electron chi connectivity index (χ0n) is 19.1. The van der Waals surface area contributed by atoms with Gasteiger partial charge in [0, 0.05) is 47.4 Å². The zero-order chi connectivity index (χ0) is 23.4.